The van der Waals surface area contributed by atoms with Gasteiger partial charge in [-0.25, -0.2) is 9.50 Å². The molecule has 67 valence electrons. The second-order valence-electron chi connectivity index (χ2n) is 3.12. The summed E-state index contributed by atoms with van der Waals surface area (Å²) >= 11 is 0. The summed E-state index contributed by atoms with van der Waals surface area (Å²) in [5.74, 6) is 0. The number of imidazole rings is 1. The molecule has 3 nitrogen and oxygen atoms in total. The van der Waals surface area contributed by atoms with Crippen molar-refractivity contribution in [1.82, 2.24) is 14.6 Å². The minimum atomic E-state index is 0.892. The number of hydrogen-bond donors (Lipinski definition) is 1. The molecule has 3 aromatic rings. The van der Waals surface area contributed by atoms with E-state index in [9.17, 15) is 0 Å². The van der Waals surface area contributed by atoms with E-state index in [1.54, 1.807) is 10.7 Å². The summed E-state index contributed by atoms with van der Waals surface area (Å²) in [6.45, 7) is 0. The number of benzene rings is 1. The van der Waals surface area contributed by atoms with Gasteiger partial charge in [-0.3, -0.25) is 5.10 Å². The molecule has 0 amide bonds. The molecule has 0 spiro atoms. The number of H-pyrrole nitrogens is 1. The highest BCUT2D eigenvalue weighted by Crippen LogP contribution is 2.17. The molecule has 3 rings (SSSR count). The number of aromatic nitrogens is 3. The van der Waals surface area contributed by atoms with E-state index in [1.807, 2.05) is 24.3 Å². The van der Waals surface area contributed by atoms with Gasteiger partial charge in [-0.2, -0.15) is 0 Å². The molecule has 0 aliphatic carbocycles. The molecule has 1 N–H and O–H groups in total. The molecular weight excluding hydrogens is 174 g/mol. The van der Waals surface area contributed by atoms with Crippen LogP contribution in [0.4, 0.5) is 0 Å². The van der Waals surface area contributed by atoms with Crippen molar-refractivity contribution >= 4 is 5.65 Å². The molecule has 2 aromatic heterocycles. The third kappa shape index (κ3) is 1.03. The highest BCUT2D eigenvalue weighted by molar-refractivity contribution is 5.63. The van der Waals surface area contributed by atoms with E-state index in [0.717, 1.165) is 16.9 Å². The molecule has 0 saturated heterocycles. The van der Waals surface area contributed by atoms with Gasteiger partial charge in [-0.05, 0) is 5.56 Å². The highest BCUT2D eigenvalue weighted by atomic mass is 15.3. The number of rotatable bonds is 1. The van der Waals surface area contributed by atoms with Gasteiger partial charge in [0.15, 0.2) is 5.65 Å². The third-order valence-corrected chi connectivity index (χ3v) is 2.20. The Kier molecular flexibility index (Phi) is 1.44. The number of nitrogens with zero attached hydrogens (tertiary/aromatic N) is 2. The summed E-state index contributed by atoms with van der Waals surface area (Å²) in [7, 11) is 0. The molecule has 1 aromatic carbocycles. The highest BCUT2D eigenvalue weighted by Gasteiger charge is 2.02. The van der Waals surface area contributed by atoms with Crippen LogP contribution >= 0.6 is 0 Å². The Balaban J connectivity index is 2.19. The van der Waals surface area contributed by atoms with Gasteiger partial charge in [0.05, 0.1) is 11.9 Å². The summed E-state index contributed by atoms with van der Waals surface area (Å²) in [6.07, 6.45) is 4.61. The minimum Gasteiger partial charge on any atom is -0.292 e. The van der Waals surface area contributed by atoms with Crippen LogP contribution in [0.2, 0.25) is 0 Å². The van der Waals surface area contributed by atoms with E-state index in [-0.39, 0.29) is 0 Å². The second-order valence-corrected chi connectivity index (χ2v) is 3.12. The van der Waals surface area contributed by atoms with Crippen molar-refractivity contribution in [1.29, 1.82) is 0 Å². The van der Waals surface area contributed by atoms with Crippen molar-refractivity contribution in [2.75, 3.05) is 0 Å². The van der Waals surface area contributed by atoms with Crippen LogP contribution in [-0.2, 0) is 0 Å². The predicted molar refractivity (Wildman–Crippen MR) is 53.8 cm³/mol. The lowest BCUT2D eigenvalue weighted by Crippen LogP contribution is -1.81. The lowest BCUT2D eigenvalue weighted by molar-refractivity contribution is 0.970. The molecule has 0 atom stereocenters. The molecule has 0 aliphatic rings. The molecule has 0 bridgehead atoms. The first-order valence-electron chi connectivity index (χ1n) is 4.43. The normalized spacial score (nSPS) is 10.9. The van der Waals surface area contributed by atoms with Gasteiger partial charge in [-0.15, -0.1) is 0 Å². The van der Waals surface area contributed by atoms with E-state index >= 15 is 0 Å². The van der Waals surface area contributed by atoms with Crippen LogP contribution < -0.4 is 0 Å². The minimum absolute atomic E-state index is 0.892. The summed E-state index contributed by atoms with van der Waals surface area (Å²) in [5, 5.41) is 3.19. The Bertz CT molecular complexity index is 519. The Hall–Kier alpha value is -2.03. The van der Waals surface area contributed by atoms with Gasteiger partial charge >= 0.3 is 0 Å². The number of fused-ring (bicyclic) bond motifs is 1. The lowest BCUT2D eigenvalue weighted by atomic mass is 10.2. The summed E-state index contributed by atoms with van der Waals surface area (Å²) in [6, 6.07) is 12.2. The van der Waals surface area contributed by atoms with Gasteiger partial charge in [0, 0.05) is 6.07 Å². The molecular formula is C11H8N3. The molecule has 1 radical (unpaired) electrons. The summed E-state index contributed by atoms with van der Waals surface area (Å²) < 4.78 is 1.78. The van der Waals surface area contributed by atoms with Crippen LogP contribution in [0.25, 0.3) is 16.9 Å². The van der Waals surface area contributed by atoms with E-state index in [1.165, 1.54) is 0 Å². The van der Waals surface area contributed by atoms with Crippen molar-refractivity contribution < 1.29 is 0 Å². The fraction of sp³-hybridized carbons (Fsp3) is 0. The monoisotopic (exact) mass is 182 g/mol. The van der Waals surface area contributed by atoms with E-state index in [4.69, 9.17) is 0 Å². The molecule has 3 heteroatoms. The van der Waals surface area contributed by atoms with Gasteiger partial charge in [0.25, 0.3) is 0 Å². The number of nitrogens with one attached hydrogen (secondary N) is 1. The fourth-order valence-corrected chi connectivity index (χ4v) is 1.52. The van der Waals surface area contributed by atoms with Crippen LogP contribution in [0.5, 0.6) is 0 Å². The van der Waals surface area contributed by atoms with Crippen molar-refractivity contribution in [3.05, 3.63) is 48.8 Å². The van der Waals surface area contributed by atoms with Crippen LogP contribution in [0.3, 0.4) is 0 Å². The van der Waals surface area contributed by atoms with Crippen molar-refractivity contribution in [3.63, 3.8) is 0 Å². The van der Waals surface area contributed by atoms with Crippen molar-refractivity contribution in [2.24, 2.45) is 0 Å². The molecule has 0 fully saturated rings. The van der Waals surface area contributed by atoms with E-state index < -0.39 is 0 Å². The average Bonchev–Trinajstić information content (AvgIpc) is 2.78. The molecule has 0 saturated carbocycles. The SMILES string of the molecule is [c]1cnc2cc(-c3ccccc3)[nH]n12. The Morgan fingerprint density at radius 3 is 2.86 bits per heavy atom. The maximum absolute atomic E-state index is 4.14. The predicted octanol–water partition coefficient (Wildman–Crippen LogP) is 2.13. The number of hydrogen-bond acceptors (Lipinski definition) is 1. The van der Waals surface area contributed by atoms with E-state index in [0.29, 0.717) is 0 Å². The first-order valence-corrected chi connectivity index (χ1v) is 4.43. The first-order chi connectivity index (χ1) is 6.93. The zero-order chi connectivity index (χ0) is 9.38. The maximum Gasteiger partial charge on any atom is 0.154 e. The third-order valence-electron chi connectivity index (χ3n) is 2.20. The second kappa shape index (κ2) is 2.73. The van der Waals surface area contributed by atoms with Crippen LogP contribution in [0.15, 0.2) is 42.6 Å². The van der Waals surface area contributed by atoms with Crippen LogP contribution in [-0.4, -0.2) is 14.6 Å². The quantitative estimate of drug-likeness (QED) is 0.614. The molecule has 0 aliphatic heterocycles. The summed E-state index contributed by atoms with van der Waals surface area (Å²) in [4.78, 5) is 4.14. The van der Waals surface area contributed by atoms with Gasteiger partial charge in [-0.1, -0.05) is 30.3 Å². The first kappa shape index (κ1) is 7.38. The Labute approximate surface area is 81.0 Å². The number of aromatic amines is 1. The lowest BCUT2D eigenvalue weighted by Gasteiger charge is -1.94. The zero-order valence-electron chi connectivity index (χ0n) is 7.44. The van der Waals surface area contributed by atoms with Gasteiger partial charge in [0.1, 0.15) is 6.20 Å². The van der Waals surface area contributed by atoms with E-state index in [2.05, 4.69) is 28.4 Å². The van der Waals surface area contributed by atoms with Gasteiger partial charge < -0.3 is 0 Å². The van der Waals surface area contributed by atoms with Crippen LogP contribution in [0.1, 0.15) is 0 Å². The molecule has 0 unspecified atom stereocenters. The largest absolute Gasteiger partial charge is 0.292 e. The molecule has 2 heterocycles. The van der Waals surface area contributed by atoms with Crippen molar-refractivity contribution in [3.8, 4) is 11.3 Å². The average molecular weight is 182 g/mol. The Morgan fingerprint density at radius 1 is 1.21 bits per heavy atom. The maximum atomic E-state index is 4.14. The smallest absolute Gasteiger partial charge is 0.154 e. The van der Waals surface area contributed by atoms with Crippen LogP contribution in [0, 0.1) is 6.20 Å². The summed E-state index contributed by atoms with van der Waals surface area (Å²) in [5.41, 5.74) is 3.11. The fourth-order valence-electron chi connectivity index (χ4n) is 1.52. The molecule has 14 heavy (non-hydrogen) atoms. The van der Waals surface area contributed by atoms with Crippen molar-refractivity contribution in [2.45, 2.75) is 0 Å². The topological polar surface area (TPSA) is 33.1 Å². The standard InChI is InChI=1S/C11H8N3/c1-2-4-9(5-3-1)10-8-11-12-6-7-14(11)13-10/h1-6,8,13H. The van der Waals surface area contributed by atoms with Gasteiger partial charge in [0.2, 0.25) is 0 Å². The Morgan fingerprint density at radius 2 is 2.07 bits per heavy atom. The zero-order valence-corrected chi connectivity index (χ0v) is 7.44.